The van der Waals surface area contributed by atoms with Crippen LogP contribution in [0.3, 0.4) is 0 Å². The van der Waals surface area contributed by atoms with Gasteiger partial charge in [0.25, 0.3) is 5.56 Å². The quantitative estimate of drug-likeness (QED) is 0.696. The van der Waals surface area contributed by atoms with Crippen LogP contribution < -0.4 is 10.5 Å². The minimum absolute atomic E-state index is 0.0784. The molecule has 1 atom stereocenters. The molecule has 3 heterocycles. The summed E-state index contributed by atoms with van der Waals surface area (Å²) in [4.78, 5) is 30.5. The van der Waals surface area contributed by atoms with Crippen LogP contribution in [0.15, 0.2) is 46.2 Å². The van der Waals surface area contributed by atoms with E-state index in [2.05, 4.69) is 11.6 Å². The third-order valence-electron chi connectivity index (χ3n) is 5.58. The van der Waals surface area contributed by atoms with Crippen molar-refractivity contribution in [2.45, 2.75) is 33.2 Å². The fourth-order valence-electron chi connectivity index (χ4n) is 4.31. The van der Waals surface area contributed by atoms with E-state index in [0.717, 1.165) is 22.5 Å². The zero-order valence-corrected chi connectivity index (χ0v) is 17.4. The number of benzene rings is 1. The molecule has 1 aliphatic rings. The maximum Gasteiger partial charge on any atom is 0.354 e. The molecule has 0 fully saturated rings. The van der Waals surface area contributed by atoms with Gasteiger partial charge in [-0.1, -0.05) is 25.6 Å². The van der Waals surface area contributed by atoms with E-state index in [9.17, 15) is 14.7 Å². The molecule has 7 nitrogen and oxygen atoms in total. The van der Waals surface area contributed by atoms with Crippen molar-refractivity contribution >= 4 is 17.4 Å². The highest BCUT2D eigenvalue weighted by atomic mass is 16.5. The number of carbonyl (C=O) groups is 1. The van der Waals surface area contributed by atoms with E-state index in [1.807, 2.05) is 42.2 Å². The summed E-state index contributed by atoms with van der Waals surface area (Å²) < 4.78 is 6.60. The van der Waals surface area contributed by atoms with Crippen molar-refractivity contribution in [1.82, 2.24) is 9.72 Å². The van der Waals surface area contributed by atoms with Crippen LogP contribution in [-0.2, 0) is 7.05 Å². The average Bonchev–Trinajstić information content (AvgIpc) is 3.13. The van der Waals surface area contributed by atoms with Gasteiger partial charge in [0.1, 0.15) is 5.76 Å². The molecular weight excluding hydrogens is 382 g/mol. The standard InChI is InChI=1S/C23H23N3O4/c1-6-18-20-17(11-12(2)24-21(20)23(28)29)13(3)26(18)16-9-7-15(8-10-16)19-14(4)30-25(5)22(19)27/h7-11,18H,3,6H2,1-2,4-5H3,(H,28,29). The number of anilines is 1. The van der Waals surface area contributed by atoms with Crippen LogP contribution in [0.4, 0.5) is 5.69 Å². The molecule has 30 heavy (non-hydrogen) atoms. The smallest absolute Gasteiger partial charge is 0.354 e. The van der Waals surface area contributed by atoms with Gasteiger partial charge < -0.3 is 14.5 Å². The molecule has 0 saturated carbocycles. The van der Waals surface area contributed by atoms with Crippen molar-refractivity contribution in [2.75, 3.05) is 4.90 Å². The van der Waals surface area contributed by atoms with E-state index in [0.29, 0.717) is 29.0 Å². The van der Waals surface area contributed by atoms with Crippen LogP contribution in [0.25, 0.3) is 16.8 Å². The van der Waals surface area contributed by atoms with Gasteiger partial charge in [0, 0.05) is 35.3 Å². The Bertz CT molecular complexity index is 1230. The predicted octanol–water partition coefficient (Wildman–Crippen LogP) is 4.30. The number of hydrogen-bond donors (Lipinski definition) is 1. The number of fused-ring (bicyclic) bond motifs is 1. The Hall–Kier alpha value is -3.61. The molecular formula is C23H23N3O4. The van der Waals surface area contributed by atoms with Crippen LogP contribution in [0.5, 0.6) is 0 Å². The van der Waals surface area contributed by atoms with Crippen LogP contribution in [0, 0.1) is 13.8 Å². The van der Waals surface area contributed by atoms with E-state index in [1.165, 1.54) is 4.74 Å². The van der Waals surface area contributed by atoms with E-state index >= 15 is 0 Å². The summed E-state index contributed by atoms with van der Waals surface area (Å²) in [6.45, 7) is 9.80. The topological polar surface area (TPSA) is 88.6 Å². The Morgan fingerprint density at radius 3 is 2.47 bits per heavy atom. The zero-order valence-electron chi connectivity index (χ0n) is 17.4. The Kier molecular flexibility index (Phi) is 4.61. The minimum Gasteiger partial charge on any atom is -0.477 e. The molecule has 0 spiro atoms. The molecule has 154 valence electrons. The monoisotopic (exact) mass is 405 g/mol. The lowest BCUT2D eigenvalue weighted by Gasteiger charge is -2.27. The molecule has 0 aliphatic carbocycles. The second-order valence-corrected chi connectivity index (χ2v) is 7.49. The highest BCUT2D eigenvalue weighted by Crippen LogP contribution is 2.46. The molecule has 0 radical (unpaired) electrons. The number of aromatic carboxylic acids is 1. The van der Waals surface area contributed by atoms with Gasteiger partial charge in [0.2, 0.25) is 0 Å². The number of carboxylic acids is 1. The van der Waals surface area contributed by atoms with E-state index in [4.69, 9.17) is 4.52 Å². The number of pyridine rings is 1. The number of aromatic nitrogens is 2. The molecule has 0 saturated heterocycles. The molecule has 1 unspecified atom stereocenters. The van der Waals surface area contributed by atoms with Crippen molar-refractivity contribution in [3.05, 3.63) is 75.5 Å². The average molecular weight is 405 g/mol. The summed E-state index contributed by atoms with van der Waals surface area (Å²) in [7, 11) is 1.58. The van der Waals surface area contributed by atoms with Gasteiger partial charge in [0.15, 0.2) is 5.69 Å². The van der Waals surface area contributed by atoms with Gasteiger partial charge in [-0.05, 0) is 44.0 Å². The number of hydrogen-bond acceptors (Lipinski definition) is 5. The number of nitrogens with zero attached hydrogens (tertiary/aromatic N) is 3. The van der Waals surface area contributed by atoms with Crippen molar-refractivity contribution in [3.8, 4) is 11.1 Å². The summed E-state index contributed by atoms with van der Waals surface area (Å²) in [6, 6.07) is 9.29. The second kappa shape index (κ2) is 7.02. The first-order valence-corrected chi connectivity index (χ1v) is 9.75. The Balaban J connectivity index is 1.79. The van der Waals surface area contributed by atoms with Crippen molar-refractivity contribution in [2.24, 2.45) is 7.05 Å². The number of rotatable bonds is 4. The predicted molar refractivity (Wildman–Crippen MR) is 115 cm³/mol. The summed E-state index contributed by atoms with van der Waals surface area (Å²) in [6.07, 6.45) is 0.695. The van der Waals surface area contributed by atoms with Gasteiger partial charge in [-0.2, -0.15) is 4.74 Å². The lowest BCUT2D eigenvalue weighted by Crippen LogP contribution is -2.21. The van der Waals surface area contributed by atoms with Crippen LogP contribution in [0.2, 0.25) is 0 Å². The molecule has 1 aliphatic heterocycles. The van der Waals surface area contributed by atoms with Gasteiger partial charge in [-0.15, -0.1) is 0 Å². The van der Waals surface area contributed by atoms with E-state index < -0.39 is 5.97 Å². The molecule has 2 aromatic heterocycles. The largest absolute Gasteiger partial charge is 0.477 e. The maximum atomic E-state index is 12.3. The molecule has 0 bridgehead atoms. The number of carboxylic acid groups (broad SMARTS) is 1. The van der Waals surface area contributed by atoms with Gasteiger partial charge in [-0.3, -0.25) is 4.79 Å². The fourth-order valence-corrected chi connectivity index (χ4v) is 4.31. The van der Waals surface area contributed by atoms with Gasteiger partial charge in [0.05, 0.1) is 11.6 Å². The second-order valence-electron chi connectivity index (χ2n) is 7.49. The van der Waals surface area contributed by atoms with Gasteiger partial charge >= 0.3 is 5.97 Å². The third kappa shape index (κ3) is 2.85. The summed E-state index contributed by atoms with van der Waals surface area (Å²) in [5.74, 6) is -0.475. The summed E-state index contributed by atoms with van der Waals surface area (Å²) in [5, 5.41) is 9.70. The highest BCUT2D eigenvalue weighted by molar-refractivity contribution is 5.94. The first kappa shape index (κ1) is 19.7. The SMILES string of the molecule is C=C1c2cc(C)nc(C(=O)O)c2C(CC)N1c1ccc(-c2c(C)on(C)c2=O)cc1. The van der Waals surface area contributed by atoms with E-state index in [1.54, 1.807) is 20.9 Å². The lowest BCUT2D eigenvalue weighted by molar-refractivity contribution is 0.0688. The molecule has 1 aromatic carbocycles. The normalized spacial score (nSPS) is 15.5. The molecule has 7 heteroatoms. The van der Waals surface area contributed by atoms with Crippen molar-refractivity contribution in [3.63, 3.8) is 0 Å². The summed E-state index contributed by atoms with van der Waals surface area (Å²) in [5.41, 5.74) is 4.97. The molecule has 1 N–H and O–H groups in total. The van der Waals surface area contributed by atoms with Crippen molar-refractivity contribution in [1.29, 1.82) is 0 Å². The van der Waals surface area contributed by atoms with E-state index in [-0.39, 0.29) is 17.3 Å². The van der Waals surface area contributed by atoms with Crippen molar-refractivity contribution < 1.29 is 14.4 Å². The Morgan fingerprint density at radius 1 is 1.27 bits per heavy atom. The molecule has 4 rings (SSSR count). The Labute approximate surface area is 173 Å². The van der Waals surface area contributed by atoms with Crippen LogP contribution in [0.1, 0.15) is 52.5 Å². The van der Waals surface area contributed by atoms with Gasteiger partial charge in [-0.25, -0.2) is 9.78 Å². The highest BCUT2D eigenvalue weighted by Gasteiger charge is 2.37. The molecule has 3 aromatic rings. The Morgan fingerprint density at radius 2 is 1.93 bits per heavy atom. The first-order valence-electron chi connectivity index (χ1n) is 9.75. The molecule has 0 amide bonds. The van der Waals surface area contributed by atoms with Crippen LogP contribution >= 0.6 is 0 Å². The summed E-state index contributed by atoms with van der Waals surface area (Å²) >= 11 is 0. The number of aryl methyl sites for hydroxylation is 3. The lowest BCUT2D eigenvalue weighted by atomic mass is 9.99. The maximum absolute atomic E-state index is 12.3. The first-order chi connectivity index (χ1) is 14.2. The minimum atomic E-state index is -1.04. The van der Waals surface area contributed by atoms with Crippen LogP contribution in [-0.4, -0.2) is 20.8 Å². The zero-order chi connectivity index (χ0) is 21.7. The fraction of sp³-hybridized carbons (Fsp3) is 0.261. The third-order valence-corrected chi connectivity index (χ3v) is 5.58.